The molecular weight excluding hydrogens is 298 g/mol. The second-order valence-corrected chi connectivity index (χ2v) is 8.27. The zero-order chi connectivity index (χ0) is 17.1. The lowest BCUT2D eigenvalue weighted by atomic mass is 9.58. The number of benzene rings is 1. The van der Waals surface area contributed by atoms with Crippen LogP contribution in [0.2, 0.25) is 0 Å². The van der Waals surface area contributed by atoms with E-state index in [9.17, 15) is 4.79 Å². The normalized spacial score (nSPS) is 40.2. The number of hydrogen-bond acceptors (Lipinski definition) is 4. The van der Waals surface area contributed by atoms with E-state index < -0.39 is 0 Å². The Morgan fingerprint density at radius 3 is 1.79 bits per heavy atom. The van der Waals surface area contributed by atoms with Crippen LogP contribution in [0.4, 0.5) is 5.69 Å². The van der Waals surface area contributed by atoms with Crippen molar-refractivity contribution < 1.29 is 4.79 Å². The SMILES string of the molecule is CCC12CN3CC(CC)(CN(C1)C3c1ccc(N(C)C)cc1)C2=O. The summed E-state index contributed by atoms with van der Waals surface area (Å²) in [7, 11) is 4.15. The van der Waals surface area contributed by atoms with Crippen LogP contribution in [0.15, 0.2) is 24.3 Å². The van der Waals surface area contributed by atoms with Gasteiger partial charge in [0.2, 0.25) is 0 Å². The highest BCUT2D eigenvalue weighted by atomic mass is 16.1. The minimum absolute atomic E-state index is 0.132. The summed E-state index contributed by atoms with van der Waals surface area (Å²) in [5.41, 5.74) is 2.33. The fraction of sp³-hybridized carbons (Fsp3) is 0.650. The minimum atomic E-state index is -0.132. The van der Waals surface area contributed by atoms with Gasteiger partial charge < -0.3 is 4.90 Å². The van der Waals surface area contributed by atoms with Crippen molar-refractivity contribution in [3.05, 3.63) is 29.8 Å². The lowest BCUT2D eigenvalue weighted by Gasteiger charge is -2.66. The van der Waals surface area contributed by atoms with Gasteiger partial charge in [0.1, 0.15) is 5.78 Å². The molecule has 4 heterocycles. The lowest BCUT2D eigenvalue weighted by molar-refractivity contribution is -0.204. The Hall–Kier alpha value is -1.39. The summed E-state index contributed by atoms with van der Waals surface area (Å²) in [6.45, 7) is 8.11. The third-order valence-electron chi connectivity index (χ3n) is 6.74. The van der Waals surface area contributed by atoms with Gasteiger partial charge >= 0.3 is 0 Å². The van der Waals surface area contributed by atoms with Crippen molar-refractivity contribution in [2.45, 2.75) is 32.9 Å². The first-order chi connectivity index (χ1) is 11.4. The van der Waals surface area contributed by atoms with Gasteiger partial charge in [-0.1, -0.05) is 26.0 Å². The van der Waals surface area contributed by atoms with Gasteiger partial charge in [-0.3, -0.25) is 14.6 Å². The molecule has 0 spiro atoms. The van der Waals surface area contributed by atoms with Crippen LogP contribution in [0, 0.1) is 10.8 Å². The van der Waals surface area contributed by atoms with Crippen LogP contribution in [-0.2, 0) is 4.79 Å². The van der Waals surface area contributed by atoms with E-state index in [0.717, 1.165) is 39.0 Å². The molecule has 0 amide bonds. The number of carbonyl (C=O) groups is 1. The molecule has 0 unspecified atom stereocenters. The zero-order valence-electron chi connectivity index (χ0n) is 15.4. The van der Waals surface area contributed by atoms with Gasteiger partial charge in [-0.25, -0.2) is 0 Å². The largest absolute Gasteiger partial charge is 0.378 e. The molecule has 0 aromatic heterocycles. The number of carbonyl (C=O) groups excluding carboxylic acids is 1. The fourth-order valence-electron chi connectivity index (χ4n) is 5.33. The third kappa shape index (κ3) is 2.02. The van der Waals surface area contributed by atoms with Crippen molar-refractivity contribution in [1.82, 2.24) is 9.80 Å². The maximum Gasteiger partial charge on any atom is 0.150 e. The summed E-state index contributed by atoms with van der Waals surface area (Å²) in [6.07, 6.45) is 2.27. The molecule has 4 saturated heterocycles. The van der Waals surface area contributed by atoms with E-state index in [4.69, 9.17) is 0 Å². The molecule has 4 aliphatic rings. The van der Waals surface area contributed by atoms with Crippen LogP contribution in [0.3, 0.4) is 0 Å². The van der Waals surface area contributed by atoms with Crippen molar-refractivity contribution in [3.63, 3.8) is 0 Å². The highest BCUT2D eigenvalue weighted by Gasteiger charge is 2.64. The van der Waals surface area contributed by atoms with Crippen LogP contribution in [0.25, 0.3) is 0 Å². The molecule has 0 N–H and O–H groups in total. The van der Waals surface area contributed by atoms with Crippen LogP contribution < -0.4 is 4.90 Å². The van der Waals surface area contributed by atoms with Crippen LogP contribution >= 0.6 is 0 Å². The number of piperidine rings is 2. The first kappa shape index (κ1) is 16.1. The molecule has 0 aliphatic carbocycles. The van der Waals surface area contributed by atoms with E-state index in [1.165, 1.54) is 11.3 Å². The maximum atomic E-state index is 13.2. The number of hydrogen-bond donors (Lipinski definition) is 0. The molecule has 1 aromatic rings. The van der Waals surface area contributed by atoms with Crippen molar-refractivity contribution >= 4 is 11.5 Å². The van der Waals surface area contributed by atoms with E-state index in [0.29, 0.717) is 11.9 Å². The number of nitrogens with zero attached hydrogens (tertiary/aromatic N) is 3. The first-order valence-corrected chi connectivity index (χ1v) is 9.25. The smallest absolute Gasteiger partial charge is 0.150 e. The van der Waals surface area contributed by atoms with Gasteiger partial charge in [-0.05, 0) is 30.5 Å². The summed E-state index contributed by atoms with van der Waals surface area (Å²) >= 11 is 0. The Morgan fingerprint density at radius 2 is 1.42 bits per heavy atom. The highest BCUT2D eigenvalue weighted by molar-refractivity contribution is 5.93. The number of anilines is 1. The Bertz CT molecular complexity index is 609. The molecule has 1 aromatic carbocycles. The van der Waals surface area contributed by atoms with Gasteiger partial charge in [0.05, 0.1) is 17.0 Å². The molecule has 4 aliphatic heterocycles. The first-order valence-electron chi connectivity index (χ1n) is 9.25. The molecular formula is C20H29N3O. The summed E-state index contributed by atoms with van der Waals surface area (Å²) in [5.74, 6) is 0.550. The van der Waals surface area contributed by atoms with E-state index >= 15 is 0 Å². The average molecular weight is 327 g/mol. The van der Waals surface area contributed by atoms with E-state index in [-0.39, 0.29) is 10.8 Å². The van der Waals surface area contributed by atoms with E-state index in [1.54, 1.807) is 0 Å². The van der Waals surface area contributed by atoms with Gasteiger partial charge in [-0.2, -0.15) is 0 Å². The summed E-state index contributed by atoms with van der Waals surface area (Å²) < 4.78 is 0. The van der Waals surface area contributed by atoms with Crippen LogP contribution in [-0.4, -0.2) is 55.9 Å². The molecule has 0 saturated carbocycles. The van der Waals surface area contributed by atoms with Gasteiger partial charge in [0, 0.05) is 46.0 Å². The maximum absolute atomic E-state index is 13.2. The standard InChI is InChI=1S/C20H29N3O/c1-5-19-11-22-13-20(6-2,18(19)24)14-23(12-19)17(22)15-7-9-16(10-8-15)21(3)4/h7-10,17H,5-6,11-14H2,1-4H3. The second-order valence-electron chi connectivity index (χ2n) is 8.27. The molecule has 4 fully saturated rings. The highest BCUT2D eigenvalue weighted by Crippen LogP contribution is 2.54. The molecule has 5 rings (SSSR count). The van der Waals surface area contributed by atoms with E-state index in [1.807, 2.05) is 0 Å². The Labute approximate surface area is 145 Å². The number of ketones is 1. The quantitative estimate of drug-likeness (QED) is 0.850. The third-order valence-corrected chi connectivity index (χ3v) is 6.74. The van der Waals surface area contributed by atoms with Gasteiger partial charge in [0.25, 0.3) is 0 Å². The Kier molecular flexibility index (Phi) is 3.56. The van der Waals surface area contributed by atoms with Gasteiger partial charge in [0.15, 0.2) is 0 Å². The number of rotatable bonds is 4. The molecule has 0 radical (unpaired) electrons. The Balaban J connectivity index is 1.69. The lowest BCUT2D eigenvalue weighted by Crippen LogP contribution is -2.76. The van der Waals surface area contributed by atoms with Gasteiger partial charge in [-0.15, -0.1) is 0 Å². The molecule has 4 bridgehead atoms. The number of Topliss-reactive ketones (excluding diaryl/α,β-unsaturated/α-hetero) is 1. The van der Waals surface area contributed by atoms with Crippen molar-refractivity contribution in [2.75, 3.05) is 45.2 Å². The van der Waals surface area contributed by atoms with Crippen LogP contribution in [0.5, 0.6) is 0 Å². The topological polar surface area (TPSA) is 26.8 Å². The van der Waals surface area contributed by atoms with Crippen molar-refractivity contribution in [1.29, 1.82) is 0 Å². The van der Waals surface area contributed by atoms with Crippen molar-refractivity contribution in [3.8, 4) is 0 Å². The molecule has 130 valence electrons. The molecule has 0 atom stereocenters. The fourth-order valence-corrected chi connectivity index (χ4v) is 5.33. The predicted molar refractivity (Wildman–Crippen MR) is 97.1 cm³/mol. The predicted octanol–water partition coefficient (Wildman–Crippen LogP) is 2.76. The van der Waals surface area contributed by atoms with E-state index in [2.05, 4.69) is 66.9 Å². The zero-order valence-corrected chi connectivity index (χ0v) is 15.4. The van der Waals surface area contributed by atoms with Crippen LogP contribution in [0.1, 0.15) is 38.4 Å². The minimum Gasteiger partial charge on any atom is -0.378 e. The molecule has 24 heavy (non-hydrogen) atoms. The Morgan fingerprint density at radius 1 is 0.958 bits per heavy atom. The molecule has 4 heteroatoms. The molecule has 4 nitrogen and oxygen atoms in total. The van der Waals surface area contributed by atoms with Crippen molar-refractivity contribution in [2.24, 2.45) is 10.8 Å². The second kappa shape index (κ2) is 5.30. The monoisotopic (exact) mass is 327 g/mol. The average Bonchev–Trinajstić information content (AvgIpc) is 2.58. The summed E-state index contributed by atoms with van der Waals surface area (Å²) in [6, 6.07) is 8.95. The summed E-state index contributed by atoms with van der Waals surface area (Å²) in [4.78, 5) is 20.5. The summed E-state index contributed by atoms with van der Waals surface area (Å²) in [5, 5.41) is 0.